The molecule has 0 N–H and O–H groups in total. The van der Waals surface area contributed by atoms with Crippen molar-refractivity contribution < 1.29 is 4.79 Å². The third-order valence-electron chi connectivity index (χ3n) is 4.78. The lowest BCUT2D eigenvalue weighted by Gasteiger charge is -2.33. The average molecular weight is 438 g/mol. The van der Waals surface area contributed by atoms with Crippen molar-refractivity contribution in [2.75, 3.05) is 12.3 Å². The maximum atomic E-state index is 12.9. The molecule has 0 aliphatic carbocycles. The average Bonchev–Trinajstić information content (AvgIpc) is 2.63. The Labute approximate surface area is 166 Å². The molecule has 2 heterocycles. The first-order valence-electron chi connectivity index (χ1n) is 9.13. The maximum Gasteiger partial charge on any atom is 0.262 e. The number of likely N-dealkylation sites (tertiary alicyclic amines) is 1. The highest BCUT2D eigenvalue weighted by Crippen LogP contribution is 2.23. The Balaban J connectivity index is 1.86. The van der Waals surface area contributed by atoms with E-state index in [0.717, 1.165) is 30.3 Å². The third-order valence-corrected chi connectivity index (χ3v) is 6.23. The van der Waals surface area contributed by atoms with Crippen molar-refractivity contribution in [3.8, 4) is 0 Å². The minimum Gasteiger partial charge on any atom is -0.339 e. The highest BCUT2D eigenvalue weighted by atomic mass is 79.9. The monoisotopic (exact) mass is 437 g/mol. The Bertz CT molecular complexity index is 868. The van der Waals surface area contributed by atoms with Crippen molar-refractivity contribution in [1.82, 2.24) is 14.5 Å². The standard InChI is InChI=1S/C19H24BrN3O2S/c1-3-9-23-18(25)15-11-14(20)7-8-16(15)21-19(23)26-12-17(24)22-10-5-4-6-13(22)2/h7-8,11,13H,3-6,9-10,12H2,1-2H3. The van der Waals surface area contributed by atoms with Crippen LogP contribution >= 0.6 is 27.7 Å². The molecule has 0 radical (unpaired) electrons. The van der Waals surface area contributed by atoms with E-state index in [4.69, 9.17) is 0 Å². The molecule has 1 saturated heterocycles. The molecule has 1 aromatic carbocycles. The SMILES string of the molecule is CCCn1c(SCC(=O)N2CCCCC2C)nc2ccc(Br)cc2c1=O. The van der Waals surface area contributed by atoms with Crippen LogP contribution in [0.5, 0.6) is 0 Å². The summed E-state index contributed by atoms with van der Waals surface area (Å²) in [6, 6.07) is 5.84. The molecule has 26 heavy (non-hydrogen) atoms. The first-order chi connectivity index (χ1) is 12.5. The van der Waals surface area contributed by atoms with Crippen LogP contribution in [0.3, 0.4) is 0 Å². The largest absolute Gasteiger partial charge is 0.339 e. The molecule has 3 rings (SSSR count). The summed E-state index contributed by atoms with van der Waals surface area (Å²) < 4.78 is 2.56. The first-order valence-corrected chi connectivity index (χ1v) is 10.9. The summed E-state index contributed by atoms with van der Waals surface area (Å²) in [5.41, 5.74) is 0.631. The van der Waals surface area contributed by atoms with Gasteiger partial charge in [0.25, 0.3) is 5.56 Å². The predicted octanol–water partition coefficient (Wildman–Crippen LogP) is 4.06. The van der Waals surface area contributed by atoms with Crippen LogP contribution < -0.4 is 5.56 Å². The minimum absolute atomic E-state index is 0.0422. The van der Waals surface area contributed by atoms with Crippen LogP contribution in [0.1, 0.15) is 39.5 Å². The van der Waals surface area contributed by atoms with E-state index in [1.54, 1.807) is 4.57 Å². The smallest absolute Gasteiger partial charge is 0.262 e. The van der Waals surface area contributed by atoms with Crippen LogP contribution in [0.15, 0.2) is 32.6 Å². The molecule has 0 bridgehead atoms. The summed E-state index contributed by atoms with van der Waals surface area (Å²) in [7, 11) is 0. The lowest BCUT2D eigenvalue weighted by atomic mass is 10.0. The van der Waals surface area contributed by atoms with E-state index < -0.39 is 0 Å². The molecule has 0 spiro atoms. The molecule has 140 valence electrons. The number of thioether (sulfide) groups is 1. The van der Waals surface area contributed by atoms with Crippen LogP contribution in [0.4, 0.5) is 0 Å². The van der Waals surface area contributed by atoms with Crippen LogP contribution in [-0.2, 0) is 11.3 Å². The first kappa shape index (κ1) is 19.4. The summed E-state index contributed by atoms with van der Waals surface area (Å²) in [5, 5.41) is 1.23. The zero-order valence-electron chi connectivity index (χ0n) is 15.2. The van der Waals surface area contributed by atoms with Gasteiger partial charge in [-0.25, -0.2) is 4.98 Å². The van der Waals surface area contributed by atoms with Crippen LogP contribution in [0, 0.1) is 0 Å². The number of benzene rings is 1. The van der Waals surface area contributed by atoms with E-state index in [0.29, 0.717) is 34.4 Å². The molecule has 7 heteroatoms. The molecular formula is C19H24BrN3O2S. The Morgan fingerprint density at radius 3 is 2.92 bits per heavy atom. The maximum absolute atomic E-state index is 12.9. The number of aromatic nitrogens is 2. The number of carbonyl (C=O) groups is 1. The molecule has 1 fully saturated rings. The van der Waals surface area contributed by atoms with Gasteiger partial charge in [0.15, 0.2) is 5.16 Å². The Hall–Kier alpha value is -1.34. The van der Waals surface area contributed by atoms with E-state index in [-0.39, 0.29) is 11.5 Å². The zero-order valence-corrected chi connectivity index (χ0v) is 17.6. The second-order valence-corrected chi connectivity index (χ2v) is 8.59. The fourth-order valence-corrected chi connectivity index (χ4v) is 4.65. The number of rotatable bonds is 5. The summed E-state index contributed by atoms with van der Waals surface area (Å²) in [6.07, 6.45) is 4.17. The van der Waals surface area contributed by atoms with Crippen LogP contribution in [-0.4, -0.2) is 38.7 Å². The Morgan fingerprint density at radius 1 is 1.38 bits per heavy atom. The number of halogens is 1. The van der Waals surface area contributed by atoms with Gasteiger partial charge in [0.2, 0.25) is 5.91 Å². The number of amides is 1. The van der Waals surface area contributed by atoms with Gasteiger partial charge in [0.05, 0.1) is 16.7 Å². The van der Waals surface area contributed by atoms with Gasteiger partial charge < -0.3 is 4.90 Å². The lowest BCUT2D eigenvalue weighted by molar-refractivity contribution is -0.131. The quantitative estimate of drug-likeness (QED) is 0.522. The highest BCUT2D eigenvalue weighted by Gasteiger charge is 2.23. The molecule has 1 amide bonds. The summed E-state index contributed by atoms with van der Waals surface area (Å²) >= 11 is 4.79. The number of hydrogen-bond acceptors (Lipinski definition) is 4. The van der Waals surface area contributed by atoms with E-state index in [1.165, 1.54) is 18.2 Å². The van der Waals surface area contributed by atoms with Gasteiger partial charge in [-0.15, -0.1) is 0 Å². The summed E-state index contributed by atoms with van der Waals surface area (Å²) in [6.45, 7) is 5.58. The fraction of sp³-hybridized carbons (Fsp3) is 0.526. The predicted molar refractivity (Wildman–Crippen MR) is 110 cm³/mol. The highest BCUT2D eigenvalue weighted by molar-refractivity contribution is 9.10. The minimum atomic E-state index is -0.0422. The van der Waals surface area contributed by atoms with E-state index in [2.05, 4.69) is 27.8 Å². The fourth-order valence-electron chi connectivity index (χ4n) is 3.38. The van der Waals surface area contributed by atoms with Crippen LogP contribution in [0.2, 0.25) is 0 Å². The molecule has 1 aliphatic rings. The van der Waals surface area contributed by atoms with Gasteiger partial charge in [-0.2, -0.15) is 0 Å². The van der Waals surface area contributed by atoms with E-state index >= 15 is 0 Å². The summed E-state index contributed by atoms with van der Waals surface area (Å²) in [4.78, 5) is 32.1. The van der Waals surface area contributed by atoms with Crippen LogP contribution in [0.25, 0.3) is 10.9 Å². The second kappa shape index (κ2) is 8.57. The van der Waals surface area contributed by atoms with E-state index in [1.807, 2.05) is 30.0 Å². The second-order valence-electron chi connectivity index (χ2n) is 6.73. The van der Waals surface area contributed by atoms with Crippen molar-refractivity contribution in [3.63, 3.8) is 0 Å². The van der Waals surface area contributed by atoms with Gasteiger partial charge in [0, 0.05) is 23.6 Å². The number of piperidine rings is 1. The van der Waals surface area contributed by atoms with Crippen molar-refractivity contribution in [2.45, 2.75) is 57.3 Å². The molecule has 1 atom stereocenters. The van der Waals surface area contributed by atoms with E-state index in [9.17, 15) is 9.59 Å². The zero-order chi connectivity index (χ0) is 18.7. The topological polar surface area (TPSA) is 55.2 Å². The number of hydrogen-bond donors (Lipinski definition) is 0. The normalized spacial score (nSPS) is 17.7. The third kappa shape index (κ3) is 4.14. The van der Waals surface area contributed by atoms with Gasteiger partial charge in [-0.1, -0.05) is 34.6 Å². The van der Waals surface area contributed by atoms with Crippen molar-refractivity contribution in [1.29, 1.82) is 0 Å². The number of carbonyl (C=O) groups excluding carboxylic acids is 1. The lowest BCUT2D eigenvalue weighted by Crippen LogP contribution is -2.43. The van der Waals surface area contributed by atoms with Crippen molar-refractivity contribution in [3.05, 3.63) is 33.0 Å². The van der Waals surface area contributed by atoms with Crippen molar-refractivity contribution in [2.24, 2.45) is 0 Å². The van der Waals surface area contributed by atoms with Crippen molar-refractivity contribution >= 4 is 44.5 Å². The van der Waals surface area contributed by atoms with Gasteiger partial charge in [-0.05, 0) is 50.8 Å². The molecule has 1 aromatic heterocycles. The molecule has 5 nitrogen and oxygen atoms in total. The van der Waals surface area contributed by atoms with Gasteiger partial charge in [-0.3, -0.25) is 14.2 Å². The molecule has 0 saturated carbocycles. The van der Waals surface area contributed by atoms with Gasteiger partial charge >= 0.3 is 0 Å². The van der Waals surface area contributed by atoms with Gasteiger partial charge in [0.1, 0.15) is 0 Å². The molecule has 1 unspecified atom stereocenters. The Kier molecular flexibility index (Phi) is 6.40. The molecular weight excluding hydrogens is 414 g/mol. The summed E-state index contributed by atoms with van der Waals surface area (Å²) in [5.74, 6) is 0.457. The number of fused-ring (bicyclic) bond motifs is 1. The Morgan fingerprint density at radius 2 is 2.19 bits per heavy atom. The number of nitrogens with zero attached hydrogens (tertiary/aromatic N) is 3. The molecule has 1 aliphatic heterocycles. The molecule has 2 aromatic rings.